The Hall–Kier alpha value is -5.12. The number of anilines is 1. The molecule has 0 spiro atoms. The molecule has 2 aromatic carbocycles. The molecule has 2 aromatic heterocycles. The SMILES string of the molecule is CCOc1cccc(N2C(=O)NC(=O)/C(=C\c3cn(Cc4ccc(C(=O)OC)o4)c4ccccc34)C2=O)c1. The van der Waals surface area contributed by atoms with Crippen LogP contribution in [0.4, 0.5) is 10.5 Å². The Bertz CT molecular complexity index is 1610. The zero-order valence-corrected chi connectivity index (χ0v) is 20.6. The minimum atomic E-state index is -0.840. The number of hydrogen-bond acceptors (Lipinski definition) is 7. The molecule has 0 saturated carbocycles. The summed E-state index contributed by atoms with van der Waals surface area (Å²) in [6.45, 7) is 2.53. The summed E-state index contributed by atoms with van der Waals surface area (Å²) < 4.78 is 17.7. The normalized spacial score (nSPS) is 14.7. The summed E-state index contributed by atoms with van der Waals surface area (Å²) in [6.07, 6.45) is 3.24. The van der Waals surface area contributed by atoms with Crippen molar-refractivity contribution in [3.63, 3.8) is 0 Å². The van der Waals surface area contributed by atoms with Crippen molar-refractivity contribution in [2.75, 3.05) is 18.6 Å². The van der Waals surface area contributed by atoms with E-state index in [4.69, 9.17) is 13.9 Å². The first-order valence-corrected chi connectivity index (χ1v) is 11.8. The van der Waals surface area contributed by atoms with E-state index in [-0.39, 0.29) is 23.6 Å². The molecule has 3 heterocycles. The van der Waals surface area contributed by atoms with Crippen LogP contribution in [0, 0.1) is 0 Å². The highest BCUT2D eigenvalue weighted by atomic mass is 16.5. The van der Waals surface area contributed by atoms with Crippen LogP contribution < -0.4 is 15.0 Å². The number of benzene rings is 2. The smallest absolute Gasteiger partial charge is 0.373 e. The lowest BCUT2D eigenvalue weighted by atomic mass is 10.1. The minimum absolute atomic E-state index is 0.0870. The average Bonchev–Trinajstić information content (AvgIpc) is 3.52. The van der Waals surface area contributed by atoms with E-state index in [1.807, 2.05) is 35.8 Å². The number of furan rings is 1. The third kappa shape index (κ3) is 4.55. The van der Waals surface area contributed by atoms with Crippen molar-refractivity contribution in [1.82, 2.24) is 9.88 Å². The van der Waals surface area contributed by atoms with Gasteiger partial charge in [0, 0.05) is 28.7 Å². The predicted molar refractivity (Wildman–Crippen MR) is 138 cm³/mol. The highest BCUT2D eigenvalue weighted by Gasteiger charge is 2.37. The number of carbonyl (C=O) groups excluding carboxylic acids is 4. The summed E-state index contributed by atoms with van der Waals surface area (Å²) in [4.78, 5) is 51.5. The minimum Gasteiger partial charge on any atom is -0.494 e. The number of aromatic nitrogens is 1. The number of urea groups is 1. The van der Waals surface area contributed by atoms with Crippen molar-refractivity contribution in [3.8, 4) is 5.75 Å². The van der Waals surface area contributed by atoms with Crippen LogP contribution in [-0.2, 0) is 20.9 Å². The van der Waals surface area contributed by atoms with Gasteiger partial charge in [0.05, 0.1) is 25.9 Å². The van der Waals surface area contributed by atoms with E-state index >= 15 is 0 Å². The van der Waals surface area contributed by atoms with Gasteiger partial charge >= 0.3 is 12.0 Å². The van der Waals surface area contributed by atoms with E-state index in [1.165, 1.54) is 19.3 Å². The molecule has 10 heteroatoms. The Morgan fingerprint density at radius 2 is 1.87 bits per heavy atom. The van der Waals surface area contributed by atoms with E-state index in [0.29, 0.717) is 23.7 Å². The Kier molecular flexibility index (Phi) is 6.53. The number of nitrogens with one attached hydrogen (secondary N) is 1. The molecule has 0 radical (unpaired) electrons. The molecule has 0 aliphatic carbocycles. The largest absolute Gasteiger partial charge is 0.494 e. The van der Waals surface area contributed by atoms with Crippen molar-refractivity contribution in [2.45, 2.75) is 13.5 Å². The molecule has 4 aromatic rings. The van der Waals surface area contributed by atoms with Crippen molar-refractivity contribution in [3.05, 3.63) is 89.5 Å². The van der Waals surface area contributed by atoms with Gasteiger partial charge < -0.3 is 18.5 Å². The maximum Gasteiger partial charge on any atom is 0.373 e. The molecule has 10 nitrogen and oxygen atoms in total. The van der Waals surface area contributed by atoms with Gasteiger partial charge in [0.1, 0.15) is 17.1 Å². The summed E-state index contributed by atoms with van der Waals surface area (Å²) in [5.74, 6) is -1.02. The van der Waals surface area contributed by atoms with Gasteiger partial charge in [-0.1, -0.05) is 24.3 Å². The summed E-state index contributed by atoms with van der Waals surface area (Å²) >= 11 is 0. The van der Waals surface area contributed by atoms with Gasteiger partial charge in [0.25, 0.3) is 11.8 Å². The lowest BCUT2D eigenvalue weighted by Crippen LogP contribution is -2.54. The molecule has 0 bridgehead atoms. The molecule has 4 amide bonds. The molecule has 192 valence electrons. The monoisotopic (exact) mass is 513 g/mol. The molecule has 1 aliphatic rings. The molecule has 1 fully saturated rings. The van der Waals surface area contributed by atoms with Crippen molar-refractivity contribution >= 4 is 46.5 Å². The highest BCUT2D eigenvalue weighted by Crippen LogP contribution is 2.29. The first kappa shape index (κ1) is 24.6. The number of ether oxygens (including phenoxy) is 2. The first-order valence-electron chi connectivity index (χ1n) is 11.8. The fourth-order valence-corrected chi connectivity index (χ4v) is 4.29. The lowest BCUT2D eigenvalue weighted by molar-refractivity contribution is -0.122. The number of esters is 1. The summed E-state index contributed by atoms with van der Waals surface area (Å²) in [5.41, 5.74) is 1.49. The molecule has 1 aliphatic heterocycles. The Balaban J connectivity index is 1.52. The van der Waals surface area contributed by atoms with Crippen molar-refractivity contribution in [2.24, 2.45) is 0 Å². The number of hydrogen-bond donors (Lipinski definition) is 1. The maximum absolute atomic E-state index is 13.4. The van der Waals surface area contributed by atoms with Gasteiger partial charge in [0.15, 0.2) is 0 Å². The number of rotatable bonds is 7. The number of methoxy groups -OCH3 is 1. The summed E-state index contributed by atoms with van der Waals surface area (Å²) in [7, 11) is 1.27. The van der Waals surface area contributed by atoms with Crippen LogP contribution in [0.5, 0.6) is 5.75 Å². The number of nitrogens with zero attached hydrogens (tertiary/aromatic N) is 2. The van der Waals surface area contributed by atoms with Gasteiger partial charge in [-0.25, -0.2) is 14.5 Å². The highest BCUT2D eigenvalue weighted by molar-refractivity contribution is 6.39. The van der Waals surface area contributed by atoms with Crippen molar-refractivity contribution < 1.29 is 33.1 Å². The van der Waals surface area contributed by atoms with Gasteiger partial charge in [-0.3, -0.25) is 14.9 Å². The van der Waals surface area contributed by atoms with E-state index in [1.54, 1.807) is 36.5 Å². The topological polar surface area (TPSA) is 120 Å². The van der Waals surface area contributed by atoms with Crippen LogP contribution in [0.3, 0.4) is 0 Å². The molecular formula is C28H23N3O7. The zero-order valence-electron chi connectivity index (χ0n) is 20.6. The quantitative estimate of drug-likeness (QED) is 0.224. The van der Waals surface area contributed by atoms with Crippen molar-refractivity contribution in [1.29, 1.82) is 0 Å². The molecule has 0 atom stereocenters. The van der Waals surface area contributed by atoms with Crippen LogP contribution in [0.15, 0.2) is 76.9 Å². The standard InChI is InChI=1S/C28H23N3O7/c1-3-37-19-8-6-7-18(14-19)31-26(33)22(25(32)29-28(31)35)13-17-15-30(23-10-5-4-9-21(17)23)16-20-11-12-24(38-20)27(34)36-2/h4-15H,3,16H2,1-2H3,(H,29,32,35)/b22-13+. The van der Waals surface area contributed by atoms with Crippen LogP contribution in [0.25, 0.3) is 17.0 Å². The second-order valence-electron chi connectivity index (χ2n) is 8.38. The zero-order chi connectivity index (χ0) is 26.8. The van der Waals surface area contributed by atoms with Gasteiger partial charge in [-0.05, 0) is 43.3 Å². The number of fused-ring (bicyclic) bond motifs is 1. The third-order valence-corrected chi connectivity index (χ3v) is 5.98. The number of imide groups is 2. The molecule has 5 rings (SSSR count). The van der Waals surface area contributed by atoms with E-state index in [0.717, 1.165) is 15.8 Å². The van der Waals surface area contributed by atoms with Gasteiger partial charge in [-0.15, -0.1) is 0 Å². The lowest BCUT2D eigenvalue weighted by Gasteiger charge is -2.26. The molecule has 0 unspecified atom stereocenters. The van der Waals surface area contributed by atoms with Crippen LogP contribution in [0.1, 0.15) is 28.8 Å². The number of amides is 4. The van der Waals surface area contributed by atoms with E-state index in [9.17, 15) is 19.2 Å². The second-order valence-corrected chi connectivity index (χ2v) is 8.38. The fraction of sp³-hybridized carbons (Fsp3) is 0.143. The van der Waals surface area contributed by atoms with Crippen LogP contribution >= 0.6 is 0 Å². The predicted octanol–water partition coefficient (Wildman–Crippen LogP) is 4.13. The van der Waals surface area contributed by atoms with Crippen LogP contribution in [0.2, 0.25) is 0 Å². The van der Waals surface area contributed by atoms with Crippen LogP contribution in [-0.4, -0.2) is 42.1 Å². The van der Waals surface area contributed by atoms with Gasteiger partial charge in [0.2, 0.25) is 5.76 Å². The van der Waals surface area contributed by atoms with Gasteiger partial charge in [-0.2, -0.15) is 0 Å². The number of barbiturate groups is 1. The maximum atomic E-state index is 13.4. The fourth-order valence-electron chi connectivity index (χ4n) is 4.29. The Morgan fingerprint density at radius 1 is 1.05 bits per heavy atom. The number of carbonyl (C=O) groups is 4. The number of para-hydroxylation sites is 1. The molecular weight excluding hydrogens is 490 g/mol. The molecule has 1 saturated heterocycles. The second kappa shape index (κ2) is 10.1. The summed E-state index contributed by atoms with van der Waals surface area (Å²) in [5, 5.41) is 3.03. The van der Waals surface area contributed by atoms with E-state index in [2.05, 4.69) is 5.32 Å². The Morgan fingerprint density at radius 3 is 2.66 bits per heavy atom. The first-order chi connectivity index (χ1) is 18.4. The third-order valence-electron chi connectivity index (χ3n) is 5.98. The summed E-state index contributed by atoms with van der Waals surface area (Å²) in [6, 6.07) is 16.3. The average molecular weight is 514 g/mol. The Labute approximate surface area is 217 Å². The van der Waals surface area contributed by atoms with E-state index < -0.39 is 23.8 Å². The molecule has 38 heavy (non-hydrogen) atoms. The molecule has 1 N–H and O–H groups in total.